The first-order valence-electron chi connectivity index (χ1n) is 4.93. The van der Waals surface area contributed by atoms with Crippen LogP contribution >= 0.6 is 0 Å². The molecule has 13 heavy (non-hydrogen) atoms. The van der Waals surface area contributed by atoms with Crippen molar-refractivity contribution >= 4 is 0 Å². The highest BCUT2D eigenvalue weighted by Gasteiger charge is 2.28. The van der Waals surface area contributed by atoms with Crippen molar-refractivity contribution in [3.8, 4) is 0 Å². The van der Waals surface area contributed by atoms with Crippen molar-refractivity contribution in [2.75, 3.05) is 0 Å². The molecule has 1 heterocycles. The molecule has 1 unspecified atom stereocenters. The number of nitrogens with two attached hydrogens (primary N) is 1. The summed E-state index contributed by atoms with van der Waals surface area (Å²) in [6.07, 6.45) is 5.57. The molecule has 1 atom stereocenters. The minimum Gasteiger partial charge on any atom is -0.327 e. The number of rotatable bonds is 3. The van der Waals surface area contributed by atoms with Crippen LogP contribution in [0.1, 0.15) is 24.1 Å². The summed E-state index contributed by atoms with van der Waals surface area (Å²) in [7, 11) is 0. The highest BCUT2D eigenvalue weighted by Crippen LogP contribution is 2.32. The smallest absolute Gasteiger partial charge is 0.0372 e. The zero-order valence-corrected chi connectivity index (χ0v) is 8.03. The van der Waals surface area contributed by atoms with Gasteiger partial charge in [-0.2, -0.15) is 0 Å². The highest BCUT2D eigenvalue weighted by atomic mass is 14.7. The Kier molecular flexibility index (Phi) is 2.32. The average Bonchev–Trinajstić information content (AvgIpc) is 2.91. The van der Waals surface area contributed by atoms with E-state index in [0.29, 0.717) is 6.04 Å². The molecule has 1 saturated carbocycles. The molecule has 2 nitrogen and oxygen atoms in total. The van der Waals surface area contributed by atoms with Crippen LogP contribution in [-0.2, 0) is 6.42 Å². The molecule has 0 bridgehead atoms. The second-order valence-corrected chi connectivity index (χ2v) is 4.01. The maximum atomic E-state index is 6.02. The molecule has 0 spiro atoms. The molecule has 1 aliphatic rings. The van der Waals surface area contributed by atoms with Gasteiger partial charge < -0.3 is 5.73 Å². The summed E-state index contributed by atoms with van der Waals surface area (Å²) in [5, 5.41) is 0. The van der Waals surface area contributed by atoms with Crippen molar-refractivity contribution in [2.24, 2.45) is 11.7 Å². The number of hydrogen-bond donors (Lipinski definition) is 1. The number of aryl methyl sites for hydroxylation is 1. The number of nitrogens with zero attached hydrogens (tertiary/aromatic N) is 1. The Labute approximate surface area is 79.2 Å². The van der Waals surface area contributed by atoms with Crippen molar-refractivity contribution in [1.29, 1.82) is 0 Å². The fraction of sp³-hybridized carbons (Fsp3) is 0.545. The van der Waals surface area contributed by atoms with Gasteiger partial charge >= 0.3 is 0 Å². The maximum Gasteiger partial charge on any atom is 0.0372 e. The second kappa shape index (κ2) is 3.46. The van der Waals surface area contributed by atoms with E-state index in [4.69, 9.17) is 5.73 Å². The van der Waals surface area contributed by atoms with E-state index in [1.54, 1.807) is 0 Å². The van der Waals surface area contributed by atoms with Gasteiger partial charge in [0.2, 0.25) is 0 Å². The van der Waals surface area contributed by atoms with Crippen molar-refractivity contribution in [3.05, 3.63) is 29.6 Å². The molecule has 0 aliphatic heterocycles. The molecule has 70 valence electrons. The third-order valence-corrected chi connectivity index (χ3v) is 2.67. The van der Waals surface area contributed by atoms with Crippen LogP contribution in [0.5, 0.6) is 0 Å². The largest absolute Gasteiger partial charge is 0.327 e. The van der Waals surface area contributed by atoms with E-state index in [-0.39, 0.29) is 0 Å². The summed E-state index contributed by atoms with van der Waals surface area (Å²) in [4.78, 5) is 4.26. The molecule has 1 aromatic heterocycles. The van der Waals surface area contributed by atoms with Gasteiger partial charge in [0.1, 0.15) is 0 Å². The molecular weight excluding hydrogens is 160 g/mol. The van der Waals surface area contributed by atoms with Gasteiger partial charge in [-0.15, -0.1) is 0 Å². The van der Waals surface area contributed by atoms with Crippen LogP contribution in [0.4, 0.5) is 0 Å². The molecule has 0 saturated heterocycles. The number of hydrogen-bond acceptors (Lipinski definition) is 2. The number of pyridine rings is 1. The van der Waals surface area contributed by atoms with Crippen molar-refractivity contribution < 1.29 is 0 Å². The summed E-state index contributed by atoms with van der Waals surface area (Å²) in [6, 6.07) is 4.53. The lowest BCUT2D eigenvalue weighted by Crippen LogP contribution is -2.25. The van der Waals surface area contributed by atoms with Crippen LogP contribution < -0.4 is 5.73 Å². The summed E-state index contributed by atoms with van der Waals surface area (Å²) in [5.41, 5.74) is 8.36. The van der Waals surface area contributed by atoms with E-state index in [0.717, 1.165) is 18.0 Å². The second-order valence-electron chi connectivity index (χ2n) is 4.01. The molecule has 0 radical (unpaired) electrons. The predicted octanol–water partition coefficient (Wildman–Crippen LogP) is 1.67. The zero-order valence-electron chi connectivity index (χ0n) is 8.03. The Morgan fingerprint density at radius 3 is 2.85 bits per heavy atom. The van der Waals surface area contributed by atoms with Gasteiger partial charge in [0, 0.05) is 17.9 Å². The quantitative estimate of drug-likeness (QED) is 0.761. The van der Waals surface area contributed by atoms with E-state index < -0.39 is 0 Å². The first kappa shape index (κ1) is 8.70. The summed E-state index contributed by atoms with van der Waals surface area (Å²) in [6.45, 7) is 2.00. The van der Waals surface area contributed by atoms with E-state index >= 15 is 0 Å². The molecule has 1 aliphatic carbocycles. The van der Waals surface area contributed by atoms with Crippen molar-refractivity contribution in [2.45, 2.75) is 32.2 Å². The Hall–Kier alpha value is -0.890. The van der Waals surface area contributed by atoms with E-state index in [1.165, 1.54) is 18.4 Å². The molecule has 2 rings (SSSR count). The Morgan fingerprint density at radius 2 is 2.31 bits per heavy atom. The molecule has 2 N–H and O–H groups in total. The average molecular weight is 176 g/mol. The minimum absolute atomic E-state index is 0.351. The predicted molar refractivity (Wildman–Crippen MR) is 53.4 cm³/mol. The summed E-state index contributed by atoms with van der Waals surface area (Å²) >= 11 is 0. The summed E-state index contributed by atoms with van der Waals surface area (Å²) < 4.78 is 0. The maximum absolute atomic E-state index is 6.02. The van der Waals surface area contributed by atoms with Gasteiger partial charge in [-0.25, -0.2) is 0 Å². The van der Waals surface area contributed by atoms with Gasteiger partial charge in [-0.05, 0) is 43.7 Å². The van der Waals surface area contributed by atoms with Crippen LogP contribution in [-0.4, -0.2) is 11.0 Å². The van der Waals surface area contributed by atoms with Gasteiger partial charge in [0.15, 0.2) is 0 Å². The molecule has 1 aromatic rings. The number of aromatic nitrogens is 1. The lowest BCUT2D eigenvalue weighted by Gasteiger charge is -2.09. The lowest BCUT2D eigenvalue weighted by molar-refractivity contribution is 0.590. The standard InChI is InChI=1S/C11H16N2/c1-8-2-3-9(7-13-8)6-11(12)10-4-5-10/h2-3,7,10-11H,4-6,12H2,1H3. The minimum atomic E-state index is 0.351. The van der Waals surface area contributed by atoms with Crippen molar-refractivity contribution in [3.63, 3.8) is 0 Å². The van der Waals surface area contributed by atoms with Crippen LogP contribution in [0.15, 0.2) is 18.3 Å². The molecule has 0 amide bonds. The third-order valence-electron chi connectivity index (χ3n) is 2.67. The monoisotopic (exact) mass is 176 g/mol. The molecule has 0 aromatic carbocycles. The lowest BCUT2D eigenvalue weighted by atomic mass is 10.0. The van der Waals surface area contributed by atoms with Gasteiger partial charge in [-0.3, -0.25) is 4.98 Å². The van der Waals surface area contributed by atoms with Crippen LogP contribution in [0.3, 0.4) is 0 Å². The van der Waals surface area contributed by atoms with E-state index in [9.17, 15) is 0 Å². The van der Waals surface area contributed by atoms with Crippen molar-refractivity contribution in [1.82, 2.24) is 4.98 Å². The molecule has 1 fully saturated rings. The third kappa shape index (κ3) is 2.28. The fourth-order valence-electron chi connectivity index (χ4n) is 1.58. The normalized spacial score (nSPS) is 18.6. The van der Waals surface area contributed by atoms with Crippen LogP contribution in [0.2, 0.25) is 0 Å². The molecular formula is C11H16N2. The van der Waals surface area contributed by atoms with E-state index in [1.807, 2.05) is 13.1 Å². The molecule has 2 heteroatoms. The SMILES string of the molecule is Cc1ccc(CC(N)C2CC2)cn1. The zero-order chi connectivity index (χ0) is 9.26. The fourth-order valence-corrected chi connectivity index (χ4v) is 1.58. The van der Waals surface area contributed by atoms with Gasteiger partial charge in [0.05, 0.1) is 0 Å². The van der Waals surface area contributed by atoms with Gasteiger partial charge in [-0.1, -0.05) is 6.07 Å². The van der Waals surface area contributed by atoms with E-state index in [2.05, 4.69) is 17.1 Å². The summed E-state index contributed by atoms with van der Waals surface area (Å²) in [5.74, 6) is 0.779. The van der Waals surface area contributed by atoms with Crippen LogP contribution in [0, 0.1) is 12.8 Å². The Morgan fingerprint density at radius 1 is 1.54 bits per heavy atom. The van der Waals surface area contributed by atoms with Gasteiger partial charge in [0.25, 0.3) is 0 Å². The first-order chi connectivity index (χ1) is 6.25. The highest BCUT2D eigenvalue weighted by molar-refractivity contribution is 5.14. The Bertz CT molecular complexity index is 275. The van der Waals surface area contributed by atoms with Crippen LogP contribution in [0.25, 0.3) is 0 Å². The first-order valence-corrected chi connectivity index (χ1v) is 4.93. The topological polar surface area (TPSA) is 38.9 Å². The Balaban J connectivity index is 1.96.